The first-order chi connectivity index (χ1) is 8.66. The molecule has 1 aliphatic rings. The van der Waals surface area contributed by atoms with E-state index in [-0.39, 0.29) is 5.91 Å². The molecule has 1 aromatic carbocycles. The summed E-state index contributed by atoms with van der Waals surface area (Å²) in [5.74, 6) is -0.132. The molecule has 1 aliphatic heterocycles. The molecule has 90 valence electrons. The number of aryl methyl sites for hydroxylation is 1. The number of rotatable bonds is 1. The predicted octanol–water partition coefficient (Wildman–Crippen LogP) is 2.86. The van der Waals surface area contributed by atoms with Crippen molar-refractivity contribution in [3.63, 3.8) is 0 Å². The molecule has 0 fully saturated rings. The van der Waals surface area contributed by atoms with E-state index in [1.54, 1.807) is 6.08 Å². The van der Waals surface area contributed by atoms with E-state index in [9.17, 15) is 4.79 Å². The zero-order valence-electron chi connectivity index (χ0n) is 9.62. The second-order valence-electron chi connectivity index (χ2n) is 4.11. The lowest BCUT2D eigenvalue weighted by Crippen LogP contribution is -2.03. The summed E-state index contributed by atoms with van der Waals surface area (Å²) in [6.45, 7) is 1.83. The third kappa shape index (κ3) is 1.62. The maximum Gasteiger partial charge on any atom is 0.256 e. The minimum Gasteiger partial charge on any atom is -0.321 e. The van der Waals surface area contributed by atoms with Crippen LogP contribution in [-0.2, 0) is 4.79 Å². The van der Waals surface area contributed by atoms with Crippen molar-refractivity contribution in [2.75, 3.05) is 5.32 Å². The Morgan fingerprint density at radius 3 is 2.83 bits per heavy atom. The van der Waals surface area contributed by atoms with E-state index in [1.807, 2.05) is 31.2 Å². The van der Waals surface area contributed by atoms with E-state index in [0.717, 1.165) is 16.9 Å². The summed E-state index contributed by atoms with van der Waals surface area (Å²) in [5.41, 5.74) is 3.64. The minimum absolute atomic E-state index is 0.132. The van der Waals surface area contributed by atoms with Gasteiger partial charge >= 0.3 is 0 Å². The molecule has 0 saturated heterocycles. The van der Waals surface area contributed by atoms with E-state index in [2.05, 4.69) is 15.5 Å². The summed E-state index contributed by atoms with van der Waals surface area (Å²) in [6, 6.07) is 7.54. The first kappa shape index (κ1) is 11.0. The molecule has 0 radical (unpaired) electrons. The number of aromatic amines is 1. The molecular formula is C13H10ClN3O. The highest BCUT2D eigenvalue weighted by Gasteiger charge is 2.24. The number of aromatic nitrogens is 2. The number of carbonyl (C=O) groups is 1. The summed E-state index contributed by atoms with van der Waals surface area (Å²) in [4.78, 5) is 11.9. The molecule has 2 heterocycles. The van der Waals surface area contributed by atoms with Crippen molar-refractivity contribution >= 4 is 34.8 Å². The Kier molecular flexibility index (Phi) is 2.45. The van der Waals surface area contributed by atoms with Gasteiger partial charge in [0.05, 0.1) is 16.3 Å². The molecule has 0 aliphatic carbocycles. The zero-order valence-corrected chi connectivity index (χ0v) is 10.4. The molecule has 18 heavy (non-hydrogen) atoms. The largest absolute Gasteiger partial charge is 0.321 e. The number of para-hydroxylation sites is 1. The van der Waals surface area contributed by atoms with Crippen LogP contribution in [0.25, 0.3) is 11.6 Å². The normalized spacial score (nSPS) is 15.9. The third-order valence-electron chi connectivity index (χ3n) is 2.89. The molecule has 0 bridgehead atoms. The number of hydrogen-bond acceptors (Lipinski definition) is 2. The Labute approximate surface area is 109 Å². The van der Waals surface area contributed by atoms with Crippen LogP contribution in [0.3, 0.4) is 0 Å². The van der Waals surface area contributed by atoms with E-state index in [0.29, 0.717) is 16.3 Å². The highest BCUT2D eigenvalue weighted by molar-refractivity contribution is 6.37. The average molecular weight is 260 g/mol. The van der Waals surface area contributed by atoms with E-state index >= 15 is 0 Å². The molecule has 5 heteroatoms. The fourth-order valence-electron chi connectivity index (χ4n) is 1.95. The van der Waals surface area contributed by atoms with E-state index < -0.39 is 0 Å². The van der Waals surface area contributed by atoms with Gasteiger partial charge in [-0.25, -0.2) is 0 Å². The van der Waals surface area contributed by atoms with Crippen LogP contribution in [-0.4, -0.2) is 16.1 Å². The average Bonchev–Trinajstić information content (AvgIpc) is 2.85. The second kappa shape index (κ2) is 3.99. The van der Waals surface area contributed by atoms with Crippen LogP contribution in [0.2, 0.25) is 5.02 Å². The molecule has 0 saturated carbocycles. The van der Waals surface area contributed by atoms with Crippen molar-refractivity contribution < 1.29 is 4.79 Å². The maximum absolute atomic E-state index is 11.9. The number of halogens is 1. The molecule has 4 nitrogen and oxygen atoms in total. The molecule has 1 aromatic heterocycles. The number of nitrogens with one attached hydrogen (secondary N) is 2. The Morgan fingerprint density at radius 1 is 1.33 bits per heavy atom. The maximum atomic E-state index is 11.9. The molecule has 1 amide bonds. The van der Waals surface area contributed by atoms with Crippen LogP contribution in [0, 0.1) is 6.92 Å². The smallest absolute Gasteiger partial charge is 0.256 e. The first-order valence-electron chi connectivity index (χ1n) is 5.50. The third-order valence-corrected chi connectivity index (χ3v) is 3.37. The fourth-order valence-corrected chi connectivity index (χ4v) is 2.09. The minimum atomic E-state index is -0.132. The highest BCUT2D eigenvalue weighted by atomic mass is 35.5. The van der Waals surface area contributed by atoms with Crippen LogP contribution >= 0.6 is 11.6 Å². The topological polar surface area (TPSA) is 57.8 Å². The number of anilines is 1. The van der Waals surface area contributed by atoms with Crippen LogP contribution < -0.4 is 5.32 Å². The Morgan fingerprint density at radius 2 is 2.11 bits per heavy atom. The van der Waals surface area contributed by atoms with Gasteiger partial charge in [-0.1, -0.05) is 29.8 Å². The molecule has 2 aromatic rings. The SMILES string of the molecule is Cc1[nH]nc(C=C2C(=O)Nc3ccccc32)c1Cl. The number of benzene rings is 1. The fraction of sp³-hybridized carbons (Fsp3) is 0.0769. The molecule has 0 unspecified atom stereocenters. The van der Waals surface area contributed by atoms with Gasteiger partial charge in [0, 0.05) is 11.3 Å². The van der Waals surface area contributed by atoms with Crippen LogP contribution in [0.4, 0.5) is 5.69 Å². The molecule has 2 N–H and O–H groups in total. The van der Waals surface area contributed by atoms with Crippen LogP contribution in [0.5, 0.6) is 0 Å². The summed E-state index contributed by atoms with van der Waals surface area (Å²) in [7, 11) is 0. The highest BCUT2D eigenvalue weighted by Crippen LogP contribution is 2.33. The number of carbonyl (C=O) groups excluding carboxylic acids is 1. The van der Waals surface area contributed by atoms with Crippen LogP contribution in [0.15, 0.2) is 24.3 Å². The van der Waals surface area contributed by atoms with Crippen molar-refractivity contribution in [1.82, 2.24) is 10.2 Å². The summed E-state index contributed by atoms with van der Waals surface area (Å²) in [6.07, 6.45) is 1.70. The van der Waals surface area contributed by atoms with Crippen LogP contribution in [0.1, 0.15) is 17.0 Å². The predicted molar refractivity (Wildman–Crippen MR) is 71.3 cm³/mol. The standard InChI is InChI=1S/C13H10ClN3O/c1-7-12(14)11(17-16-7)6-9-8-4-2-3-5-10(8)15-13(9)18/h2-6H,1H3,(H,15,18)(H,16,17). The van der Waals surface area contributed by atoms with Gasteiger partial charge in [-0.05, 0) is 19.1 Å². The lowest BCUT2D eigenvalue weighted by atomic mass is 10.1. The zero-order chi connectivity index (χ0) is 12.7. The number of fused-ring (bicyclic) bond motifs is 1. The number of H-pyrrole nitrogens is 1. The molecule has 3 rings (SSSR count). The van der Waals surface area contributed by atoms with Gasteiger partial charge in [-0.2, -0.15) is 5.10 Å². The summed E-state index contributed by atoms with van der Waals surface area (Å²) < 4.78 is 0. The van der Waals surface area contributed by atoms with Gasteiger partial charge in [0.1, 0.15) is 5.69 Å². The van der Waals surface area contributed by atoms with E-state index in [1.165, 1.54) is 0 Å². The first-order valence-corrected chi connectivity index (χ1v) is 5.87. The van der Waals surface area contributed by atoms with Crippen molar-refractivity contribution in [2.45, 2.75) is 6.92 Å². The lowest BCUT2D eigenvalue weighted by Gasteiger charge is -1.96. The van der Waals surface area contributed by atoms with Crippen molar-refractivity contribution in [3.05, 3.63) is 46.2 Å². The Hall–Kier alpha value is -2.07. The van der Waals surface area contributed by atoms with Crippen molar-refractivity contribution in [3.8, 4) is 0 Å². The number of amides is 1. The van der Waals surface area contributed by atoms with Gasteiger partial charge < -0.3 is 5.32 Å². The van der Waals surface area contributed by atoms with Gasteiger partial charge in [0.2, 0.25) is 0 Å². The van der Waals surface area contributed by atoms with Gasteiger partial charge in [-0.3, -0.25) is 9.89 Å². The van der Waals surface area contributed by atoms with Gasteiger partial charge in [0.15, 0.2) is 0 Å². The Balaban J connectivity index is 2.12. The summed E-state index contributed by atoms with van der Waals surface area (Å²) >= 11 is 6.09. The van der Waals surface area contributed by atoms with E-state index in [4.69, 9.17) is 11.6 Å². The second-order valence-corrected chi connectivity index (χ2v) is 4.48. The monoisotopic (exact) mass is 259 g/mol. The quantitative estimate of drug-likeness (QED) is 0.774. The van der Waals surface area contributed by atoms with Gasteiger partial charge in [0.25, 0.3) is 5.91 Å². The molecule has 0 spiro atoms. The molecular weight excluding hydrogens is 250 g/mol. The molecule has 0 atom stereocenters. The lowest BCUT2D eigenvalue weighted by molar-refractivity contribution is -0.110. The Bertz CT molecular complexity index is 673. The van der Waals surface area contributed by atoms with Crippen molar-refractivity contribution in [2.24, 2.45) is 0 Å². The van der Waals surface area contributed by atoms with Gasteiger partial charge in [-0.15, -0.1) is 0 Å². The summed E-state index contributed by atoms with van der Waals surface area (Å²) in [5, 5.41) is 10.2. The number of nitrogens with zero attached hydrogens (tertiary/aromatic N) is 1. The van der Waals surface area contributed by atoms with Crippen molar-refractivity contribution in [1.29, 1.82) is 0 Å². The number of hydrogen-bond donors (Lipinski definition) is 2.